The summed E-state index contributed by atoms with van der Waals surface area (Å²) >= 11 is 0. The summed E-state index contributed by atoms with van der Waals surface area (Å²) in [5, 5.41) is 3.24. The normalized spacial score (nSPS) is 24.1. The molecule has 1 N–H and O–H groups in total. The van der Waals surface area contributed by atoms with Crippen LogP contribution in [0.15, 0.2) is 42.7 Å². The number of rotatable bonds is 6. The number of pyridine rings is 1. The van der Waals surface area contributed by atoms with Gasteiger partial charge in [0.25, 0.3) is 5.91 Å². The molecule has 1 aromatic carbocycles. The second-order valence-corrected chi connectivity index (χ2v) is 8.49. The Labute approximate surface area is 173 Å². The van der Waals surface area contributed by atoms with Crippen molar-refractivity contribution in [3.05, 3.63) is 59.4 Å². The van der Waals surface area contributed by atoms with Crippen molar-refractivity contribution in [3.63, 3.8) is 0 Å². The zero-order valence-electron chi connectivity index (χ0n) is 17.4. The van der Waals surface area contributed by atoms with Gasteiger partial charge in [0.15, 0.2) is 6.61 Å². The fourth-order valence-electron chi connectivity index (χ4n) is 4.85. The number of hydrogen-bond acceptors (Lipinski definition) is 4. The van der Waals surface area contributed by atoms with Crippen molar-refractivity contribution in [1.29, 1.82) is 0 Å². The Morgan fingerprint density at radius 2 is 1.86 bits per heavy atom. The van der Waals surface area contributed by atoms with Crippen molar-refractivity contribution in [3.8, 4) is 5.75 Å². The molecule has 5 heteroatoms. The van der Waals surface area contributed by atoms with Crippen molar-refractivity contribution in [2.75, 3.05) is 6.61 Å². The summed E-state index contributed by atoms with van der Waals surface area (Å²) in [6.45, 7) is 5.15. The lowest BCUT2D eigenvalue weighted by Crippen LogP contribution is -2.56. The lowest BCUT2D eigenvalue weighted by atomic mass is 9.81. The number of aryl methyl sites for hydroxylation is 1. The highest BCUT2D eigenvalue weighted by Crippen LogP contribution is 2.35. The van der Waals surface area contributed by atoms with Gasteiger partial charge in [-0.1, -0.05) is 18.6 Å². The highest BCUT2D eigenvalue weighted by Gasteiger charge is 2.38. The molecule has 29 heavy (non-hydrogen) atoms. The van der Waals surface area contributed by atoms with Crippen LogP contribution in [0.4, 0.5) is 0 Å². The van der Waals surface area contributed by atoms with Crippen molar-refractivity contribution < 1.29 is 9.53 Å². The van der Waals surface area contributed by atoms with Gasteiger partial charge in [-0.15, -0.1) is 0 Å². The van der Waals surface area contributed by atoms with E-state index in [1.54, 1.807) is 0 Å². The second kappa shape index (κ2) is 8.95. The minimum atomic E-state index is -0.0171. The second-order valence-electron chi connectivity index (χ2n) is 8.49. The molecule has 154 valence electrons. The SMILES string of the molecule is Cc1cccc(OCC(=O)NC2C[C@H]3CCC[C@@H](C2)N3Cc2ccncc2)c1C. The number of nitrogens with one attached hydrogen (secondary N) is 1. The van der Waals surface area contributed by atoms with Crippen molar-refractivity contribution in [1.82, 2.24) is 15.2 Å². The molecule has 1 amide bonds. The van der Waals surface area contributed by atoms with Gasteiger partial charge < -0.3 is 10.1 Å². The van der Waals surface area contributed by atoms with Crippen LogP contribution in [-0.4, -0.2) is 40.5 Å². The Kier molecular flexibility index (Phi) is 6.14. The summed E-state index contributed by atoms with van der Waals surface area (Å²) in [6.07, 6.45) is 9.51. The molecular formula is C24H31N3O2. The standard InChI is InChI=1S/C24H31N3O2/c1-17-5-3-8-23(18(17)2)29-16-24(28)26-20-13-21-6-4-7-22(14-20)27(21)15-19-9-11-25-12-10-19/h3,5,8-12,20-22H,4,6-7,13-16H2,1-2H3,(H,26,28)/t20?,21-,22+. The minimum Gasteiger partial charge on any atom is -0.483 e. The van der Waals surface area contributed by atoms with Crippen LogP contribution < -0.4 is 10.1 Å². The molecule has 0 saturated carbocycles. The van der Waals surface area contributed by atoms with Gasteiger partial charge in [0.1, 0.15) is 5.75 Å². The smallest absolute Gasteiger partial charge is 0.258 e. The van der Waals surface area contributed by atoms with Crippen LogP contribution >= 0.6 is 0 Å². The number of fused-ring (bicyclic) bond motifs is 2. The van der Waals surface area contributed by atoms with E-state index >= 15 is 0 Å². The summed E-state index contributed by atoms with van der Waals surface area (Å²) in [4.78, 5) is 19.3. The summed E-state index contributed by atoms with van der Waals surface area (Å²) in [5.74, 6) is 0.778. The van der Waals surface area contributed by atoms with E-state index in [-0.39, 0.29) is 18.6 Å². The number of ether oxygens (including phenoxy) is 1. The van der Waals surface area contributed by atoms with Crippen LogP contribution in [-0.2, 0) is 11.3 Å². The van der Waals surface area contributed by atoms with Gasteiger partial charge in [-0.2, -0.15) is 0 Å². The number of amides is 1. The summed E-state index contributed by atoms with van der Waals surface area (Å²) in [5.41, 5.74) is 3.60. The van der Waals surface area contributed by atoms with Gasteiger partial charge >= 0.3 is 0 Å². The lowest BCUT2D eigenvalue weighted by Gasteiger charge is -2.49. The molecule has 1 unspecified atom stereocenters. The number of benzene rings is 1. The summed E-state index contributed by atoms with van der Waals surface area (Å²) < 4.78 is 5.79. The third-order valence-electron chi connectivity index (χ3n) is 6.52. The summed E-state index contributed by atoms with van der Waals surface area (Å²) in [6, 6.07) is 11.5. The molecule has 0 aliphatic carbocycles. The first-order valence-corrected chi connectivity index (χ1v) is 10.7. The van der Waals surface area contributed by atoms with Crippen molar-refractivity contribution in [2.24, 2.45) is 0 Å². The van der Waals surface area contributed by atoms with E-state index < -0.39 is 0 Å². The topological polar surface area (TPSA) is 54.5 Å². The van der Waals surface area contributed by atoms with E-state index in [2.05, 4.69) is 40.3 Å². The largest absolute Gasteiger partial charge is 0.483 e. The van der Waals surface area contributed by atoms with E-state index in [1.807, 2.05) is 31.5 Å². The predicted octanol–water partition coefficient (Wildman–Crippen LogP) is 3.78. The molecule has 0 radical (unpaired) electrons. The highest BCUT2D eigenvalue weighted by molar-refractivity contribution is 5.78. The molecule has 4 rings (SSSR count). The predicted molar refractivity (Wildman–Crippen MR) is 114 cm³/mol. The maximum absolute atomic E-state index is 12.5. The zero-order valence-corrected chi connectivity index (χ0v) is 17.4. The Balaban J connectivity index is 1.31. The Morgan fingerprint density at radius 1 is 1.14 bits per heavy atom. The average molecular weight is 394 g/mol. The van der Waals surface area contributed by atoms with Crippen LogP contribution in [0.5, 0.6) is 5.75 Å². The van der Waals surface area contributed by atoms with Crippen LogP contribution in [0.3, 0.4) is 0 Å². The van der Waals surface area contributed by atoms with Gasteiger partial charge in [0.2, 0.25) is 0 Å². The fourth-order valence-corrected chi connectivity index (χ4v) is 4.85. The molecule has 1 aromatic heterocycles. The first-order valence-electron chi connectivity index (χ1n) is 10.7. The molecule has 2 aromatic rings. The van der Waals surface area contributed by atoms with Crippen molar-refractivity contribution >= 4 is 5.91 Å². The highest BCUT2D eigenvalue weighted by atomic mass is 16.5. The summed E-state index contributed by atoms with van der Waals surface area (Å²) in [7, 11) is 0. The number of carbonyl (C=O) groups excluding carboxylic acids is 1. The third-order valence-corrected chi connectivity index (χ3v) is 6.52. The number of nitrogens with zero attached hydrogens (tertiary/aromatic N) is 2. The molecule has 0 spiro atoms. The Bertz CT molecular complexity index is 825. The molecule has 3 heterocycles. The van der Waals surface area contributed by atoms with E-state index in [1.165, 1.54) is 30.4 Å². The van der Waals surface area contributed by atoms with Crippen LogP contribution in [0.2, 0.25) is 0 Å². The number of piperidine rings is 2. The molecule has 5 nitrogen and oxygen atoms in total. The molecule has 2 saturated heterocycles. The number of aromatic nitrogens is 1. The molecule has 3 atom stereocenters. The molecule has 2 aliphatic rings. The van der Waals surface area contributed by atoms with Crippen LogP contribution in [0, 0.1) is 13.8 Å². The van der Waals surface area contributed by atoms with Gasteiger partial charge in [0.05, 0.1) is 0 Å². The van der Waals surface area contributed by atoms with Gasteiger partial charge in [-0.3, -0.25) is 14.7 Å². The van der Waals surface area contributed by atoms with Gasteiger partial charge in [-0.25, -0.2) is 0 Å². The maximum Gasteiger partial charge on any atom is 0.258 e. The van der Waals surface area contributed by atoms with E-state index in [0.29, 0.717) is 12.1 Å². The van der Waals surface area contributed by atoms with Gasteiger partial charge in [-0.05, 0) is 74.4 Å². The maximum atomic E-state index is 12.5. The lowest BCUT2D eigenvalue weighted by molar-refractivity contribution is -0.124. The zero-order chi connectivity index (χ0) is 20.2. The average Bonchev–Trinajstić information content (AvgIpc) is 2.70. The van der Waals surface area contributed by atoms with Crippen LogP contribution in [0.1, 0.15) is 48.8 Å². The van der Waals surface area contributed by atoms with Crippen LogP contribution in [0.25, 0.3) is 0 Å². The van der Waals surface area contributed by atoms with E-state index in [0.717, 1.165) is 30.7 Å². The van der Waals surface area contributed by atoms with Crippen molar-refractivity contribution in [2.45, 2.75) is 70.6 Å². The molecule has 2 aliphatic heterocycles. The van der Waals surface area contributed by atoms with Gasteiger partial charge in [0, 0.05) is 37.1 Å². The molecule has 2 bridgehead atoms. The van der Waals surface area contributed by atoms with E-state index in [9.17, 15) is 4.79 Å². The Morgan fingerprint density at radius 3 is 2.59 bits per heavy atom. The molecular weight excluding hydrogens is 362 g/mol. The van der Waals surface area contributed by atoms with E-state index in [4.69, 9.17) is 4.74 Å². The monoisotopic (exact) mass is 393 g/mol. The first-order chi connectivity index (χ1) is 14.1. The number of carbonyl (C=O) groups is 1. The Hall–Kier alpha value is -2.40. The molecule has 2 fully saturated rings. The fraction of sp³-hybridized carbons (Fsp3) is 0.500. The minimum absolute atomic E-state index is 0.0171. The number of hydrogen-bond donors (Lipinski definition) is 1. The first kappa shape index (κ1) is 19.9. The quantitative estimate of drug-likeness (QED) is 0.812. The third kappa shape index (κ3) is 4.78.